The van der Waals surface area contributed by atoms with Gasteiger partial charge in [-0.15, -0.1) is 0 Å². The van der Waals surface area contributed by atoms with Gasteiger partial charge in [0, 0.05) is 7.05 Å². The van der Waals surface area contributed by atoms with Crippen molar-refractivity contribution in [3.8, 4) is 0 Å². The van der Waals surface area contributed by atoms with Crippen molar-refractivity contribution in [1.82, 2.24) is 25.1 Å². The van der Waals surface area contributed by atoms with Crippen molar-refractivity contribution >= 4 is 17.5 Å². The number of carbonyl (C=O) groups excluding carboxylic acids is 1. The normalized spacial score (nSPS) is 10.4. The monoisotopic (exact) mass is 269 g/mol. The van der Waals surface area contributed by atoms with E-state index in [4.69, 9.17) is 11.6 Å². The molecule has 0 aromatic carbocycles. The van der Waals surface area contributed by atoms with Crippen molar-refractivity contribution in [2.75, 3.05) is 7.05 Å². The SMILES string of the molecule is CN(Cc1ncn[nH]1)C(=O)c1cc(F)cnc1Cl. The minimum Gasteiger partial charge on any atom is -0.334 e. The lowest BCUT2D eigenvalue weighted by molar-refractivity contribution is 0.0781. The largest absolute Gasteiger partial charge is 0.334 e. The summed E-state index contributed by atoms with van der Waals surface area (Å²) in [5.74, 6) is -0.537. The molecule has 0 saturated heterocycles. The lowest BCUT2D eigenvalue weighted by Crippen LogP contribution is -2.27. The fraction of sp³-hybridized carbons (Fsp3) is 0.200. The van der Waals surface area contributed by atoms with Gasteiger partial charge < -0.3 is 4.90 Å². The molecule has 0 aliphatic carbocycles. The van der Waals surface area contributed by atoms with E-state index in [0.717, 1.165) is 12.3 Å². The molecule has 0 fully saturated rings. The van der Waals surface area contributed by atoms with Crippen LogP contribution in [0.15, 0.2) is 18.6 Å². The minimum atomic E-state index is -0.615. The summed E-state index contributed by atoms with van der Waals surface area (Å²) in [7, 11) is 1.55. The molecule has 94 valence electrons. The van der Waals surface area contributed by atoms with E-state index >= 15 is 0 Å². The van der Waals surface area contributed by atoms with Crippen LogP contribution in [0.1, 0.15) is 16.2 Å². The van der Waals surface area contributed by atoms with Gasteiger partial charge in [-0.25, -0.2) is 14.4 Å². The molecular formula is C10H9ClFN5O. The van der Waals surface area contributed by atoms with E-state index in [9.17, 15) is 9.18 Å². The molecule has 0 bridgehead atoms. The molecule has 1 amide bonds. The van der Waals surface area contributed by atoms with Crippen LogP contribution in [0.5, 0.6) is 0 Å². The summed E-state index contributed by atoms with van der Waals surface area (Å²) in [4.78, 5) is 20.8. The van der Waals surface area contributed by atoms with Crippen LogP contribution in [-0.4, -0.2) is 38.0 Å². The second kappa shape index (κ2) is 5.09. The predicted octanol–water partition coefficient (Wildman–Crippen LogP) is 1.26. The first kappa shape index (κ1) is 12.4. The maximum absolute atomic E-state index is 13.0. The molecule has 0 aliphatic heterocycles. The van der Waals surface area contributed by atoms with Gasteiger partial charge in [0.05, 0.1) is 18.3 Å². The Morgan fingerprint density at radius 1 is 1.56 bits per heavy atom. The van der Waals surface area contributed by atoms with Crippen LogP contribution in [0, 0.1) is 5.82 Å². The molecule has 8 heteroatoms. The minimum absolute atomic E-state index is 0.0127. The van der Waals surface area contributed by atoms with Gasteiger partial charge in [-0.1, -0.05) is 11.6 Å². The molecule has 0 unspecified atom stereocenters. The van der Waals surface area contributed by atoms with Gasteiger partial charge in [-0.3, -0.25) is 9.89 Å². The lowest BCUT2D eigenvalue weighted by Gasteiger charge is -2.15. The number of nitrogens with one attached hydrogen (secondary N) is 1. The molecule has 6 nitrogen and oxygen atoms in total. The number of hydrogen-bond acceptors (Lipinski definition) is 4. The van der Waals surface area contributed by atoms with E-state index in [0.29, 0.717) is 5.82 Å². The molecule has 0 aliphatic rings. The Hall–Kier alpha value is -2.02. The number of carbonyl (C=O) groups is 1. The Bertz CT molecular complexity index is 559. The van der Waals surface area contributed by atoms with E-state index in [1.807, 2.05) is 0 Å². The zero-order valence-corrected chi connectivity index (χ0v) is 10.1. The van der Waals surface area contributed by atoms with Gasteiger partial charge in [0.15, 0.2) is 0 Å². The zero-order valence-electron chi connectivity index (χ0n) is 9.39. The lowest BCUT2D eigenvalue weighted by atomic mass is 10.2. The standard InChI is InChI=1S/C10H9ClFN5O/c1-17(4-8-14-5-15-16-8)10(18)7-2-6(12)3-13-9(7)11/h2-3,5H,4H2,1H3,(H,14,15,16). The molecular weight excluding hydrogens is 261 g/mol. The second-order valence-electron chi connectivity index (χ2n) is 3.59. The van der Waals surface area contributed by atoms with E-state index < -0.39 is 11.7 Å². The summed E-state index contributed by atoms with van der Waals surface area (Å²) >= 11 is 5.76. The van der Waals surface area contributed by atoms with Crippen molar-refractivity contribution in [1.29, 1.82) is 0 Å². The van der Waals surface area contributed by atoms with Crippen molar-refractivity contribution in [3.63, 3.8) is 0 Å². The van der Waals surface area contributed by atoms with Gasteiger partial charge in [0.25, 0.3) is 5.91 Å². The van der Waals surface area contributed by atoms with Gasteiger partial charge >= 0.3 is 0 Å². The summed E-state index contributed by atoms with van der Waals surface area (Å²) in [6, 6.07) is 1.05. The third-order valence-corrected chi connectivity index (χ3v) is 2.54. The molecule has 2 aromatic heterocycles. The number of hydrogen-bond donors (Lipinski definition) is 1. The number of H-pyrrole nitrogens is 1. The maximum atomic E-state index is 13.0. The quantitative estimate of drug-likeness (QED) is 0.852. The van der Waals surface area contributed by atoms with E-state index in [1.165, 1.54) is 11.2 Å². The summed E-state index contributed by atoms with van der Waals surface area (Å²) in [5, 5.41) is 6.25. The Labute approximate surface area is 107 Å². The number of aromatic amines is 1. The average molecular weight is 270 g/mol. The zero-order chi connectivity index (χ0) is 13.1. The predicted molar refractivity (Wildman–Crippen MR) is 61.4 cm³/mol. The molecule has 2 heterocycles. The highest BCUT2D eigenvalue weighted by molar-refractivity contribution is 6.32. The number of amides is 1. The summed E-state index contributed by atoms with van der Waals surface area (Å²) < 4.78 is 13.0. The highest BCUT2D eigenvalue weighted by Crippen LogP contribution is 2.16. The van der Waals surface area contributed by atoms with Crippen LogP contribution in [0.4, 0.5) is 4.39 Å². The fourth-order valence-corrected chi connectivity index (χ4v) is 1.57. The highest BCUT2D eigenvalue weighted by atomic mass is 35.5. The van der Waals surface area contributed by atoms with Crippen LogP contribution >= 0.6 is 11.6 Å². The number of pyridine rings is 1. The van der Waals surface area contributed by atoms with E-state index in [2.05, 4.69) is 20.2 Å². The Balaban J connectivity index is 2.17. The number of halogens is 2. The van der Waals surface area contributed by atoms with Gasteiger partial charge in [0.2, 0.25) is 0 Å². The Kier molecular flexibility index (Phi) is 3.52. The molecule has 0 atom stereocenters. The fourth-order valence-electron chi connectivity index (χ4n) is 1.38. The first-order chi connectivity index (χ1) is 8.58. The Morgan fingerprint density at radius 3 is 3.00 bits per heavy atom. The van der Waals surface area contributed by atoms with Crippen LogP contribution in [0.2, 0.25) is 5.15 Å². The first-order valence-corrected chi connectivity index (χ1v) is 5.36. The topological polar surface area (TPSA) is 74.8 Å². The van der Waals surface area contributed by atoms with Crippen molar-refractivity contribution in [2.45, 2.75) is 6.54 Å². The van der Waals surface area contributed by atoms with E-state index in [-0.39, 0.29) is 17.3 Å². The second-order valence-corrected chi connectivity index (χ2v) is 3.94. The van der Waals surface area contributed by atoms with Crippen LogP contribution in [0.3, 0.4) is 0 Å². The number of rotatable bonds is 3. The summed E-state index contributed by atoms with van der Waals surface area (Å²) in [5.41, 5.74) is 0.0127. The van der Waals surface area contributed by atoms with Crippen molar-refractivity contribution < 1.29 is 9.18 Å². The van der Waals surface area contributed by atoms with Crippen LogP contribution in [-0.2, 0) is 6.54 Å². The molecule has 1 N–H and O–H groups in total. The Morgan fingerprint density at radius 2 is 2.33 bits per heavy atom. The van der Waals surface area contributed by atoms with Crippen LogP contribution < -0.4 is 0 Å². The highest BCUT2D eigenvalue weighted by Gasteiger charge is 2.17. The molecule has 0 radical (unpaired) electrons. The van der Waals surface area contributed by atoms with Gasteiger partial charge in [-0.05, 0) is 6.07 Å². The molecule has 0 spiro atoms. The molecule has 2 aromatic rings. The summed E-state index contributed by atoms with van der Waals surface area (Å²) in [6.45, 7) is 0.214. The van der Waals surface area contributed by atoms with Crippen molar-refractivity contribution in [2.24, 2.45) is 0 Å². The third kappa shape index (κ3) is 2.62. The van der Waals surface area contributed by atoms with E-state index in [1.54, 1.807) is 7.05 Å². The molecule has 18 heavy (non-hydrogen) atoms. The first-order valence-electron chi connectivity index (χ1n) is 4.98. The average Bonchev–Trinajstić information content (AvgIpc) is 2.84. The van der Waals surface area contributed by atoms with Crippen molar-refractivity contribution in [3.05, 3.63) is 40.9 Å². The third-order valence-electron chi connectivity index (χ3n) is 2.23. The number of aromatic nitrogens is 4. The molecule has 0 saturated carbocycles. The van der Waals surface area contributed by atoms with Gasteiger partial charge in [-0.2, -0.15) is 5.10 Å². The number of nitrogens with zero attached hydrogens (tertiary/aromatic N) is 4. The van der Waals surface area contributed by atoms with Crippen LogP contribution in [0.25, 0.3) is 0 Å². The smallest absolute Gasteiger partial charge is 0.257 e. The van der Waals surface area contributed by atoms with Gasteiger partial charge in [0.1, 0.15) is 23.1 Å². The summed E-state index contributed by atoms with van der Waals surface area (Å²) in [6.07, 6.45) is 2.29. The maximum Gasteiger partial charge on any atom is 0.257 e. The molecule has 2 rings (SSSR count).